The maximum Gasteiger partial charge on any atom is 0.220 e. The van der Waals surface area contributed by atoms with Gasteiger partial charge in [0.1, 0.15) is 0 Å². The number of amides is 1. The first-order valence-corrected chi connectivity index (χ1v) is 8.37. The fraction of sp³-hybridized carbons (Fsp3) is 0.562. The number of halogens is 2. The zero-order valence-corrected chi connectivity index (χ0v) is 13.4. The molecule has 1 aliphatic heterocycles. The van der Waals surface area contributed by atoms with E-state index in [4.69, 9.17) is 23.2 Å². The molecule has 3 nitrogen and oxygen atoms in total. The van der Waals surface area contributed by atoms with Crippen LogP contribution in [0.3, 0.4) is 0 Å². The van der Waals surface area contributed by atoms with Crippen molar-refractivity contribution in [2.24, 2.45) is 5.92 Å². The maximum absolute atomic E-state index is 12.1. The monoisotopic (exact) mass is 326 g/mol. The molecule has 1 aromatic rings. The maximum atomic E-state index is 12.1. The Hall–Kier alpha value is -0.770. The van der Waals surface area contributed by atoms with Gasteiger partial charge in [0.2, 0.25) is 5.91 Å². The Morgan fingerprint density at radius 2 is 2.19 bits per heavy atom. The predicted octanol–water partition coefficient (Wildman–Crippen LogP) is 3.49. The Bertz CT molecular complexity index is 541. The van der Waals surface area contributed by atoms with E-state index < -0.39 is 0 Å². The molecule has 1 saturated heterocycles. The van der Waals surface area contributed by atoms with E-state index in [1.54, 1.807) is 0 Å². The molecule has 1 heterocycles. The molecule has 0 spiro atoms. The smallest absolute Gasteiger partial charge is 0.220 e. The van der Waals surface area contributed by atoms with Crippen LogP contribution in [0.15, 0.2) is 12.1 Å². The second-order valence-corrected chi connectivity index (χ2v) is 6.77. The minimum absolute atomic E-state index is 0.0870. The van der Waals surface area contributed by atoms with Gasteiger partial charge in [-0.05, 0) is 61.9 Å². The molecular weight excluding hydrogens is 307 g/mol. The SMILES string of the molecule is O=C(CCC1CCNC1)NC1CCc2c1ccc(Cl)c2Cl. The van der Waals surface area contributed by atoms with Gasteiger partial charge in [0.15, 0.2) is 0 Å². The predicted molar refractivity (Wildman–Crippen MR) is 85.9 cm³/mol. The van der Waals surface area contributed by atoms with Gasteiger partial charge in [-0.15, -0.1) is 0 Å². The standard InChI is InChI=1S/C16H20Cl2N2O/c17-13-4-2-11-12(16(13)18)3-5-14(11)20-15(21)6-1-10-7-8-19-9-10/h2,4,10,14,19H,1,3,5-9H2,(H,20,21). The zero-order valence-electron chi connectivity index (χ0n) is 11.9. The van der Waals surface area contributed by atoms with Crippen LogP contribution in [0.2, 0.25) is 10.0 Å². The molecule has 1 amide bonds. The number of rotatable bonds is 4. The molecule has 1 aromatic carbocycles. The van der Waals surface area contributed by atoms with Crippen LogP contribution < -0.4 is 10.6 Å². The molecule has 2 unspecified atom stereocenters. The zero-order chi connectivity index (χ0) is 14.8. The van der Waals surface area contributed by atoms with Gasteiger partial charge in [-0.25, -0.2) is 0 Å². The van der Waals surface area contributed by atoms with Crippen LogP contribution >= 0.6 is 23.2 Å². The van der Waals surface area contributed by atoms with Gasteiger partial charge >= 0.3 is 0 Å². The summed E-state index contributed by atoms with van der Waals surface area (Å²) in [5.74, 6) is 0.797. The van der Waals surface area contributed by atoms with Gasteiger partial charge in [0.05, 0.1) is 16.1 Å². The molecule has 2 N–H and O–H groups in total. The summed E-state index contributed by atoms with van der Waals surface area (Å²) in [4.78, 5) is 12.1. The van der Waals surface area contributed by atoms with Crippen molar-refractivity contribution in [1.82, 2.24) is 10.6 Å². The molecule has 0 radical (unpaired) electrons. The number of carbonyl (C=O) groups is 1. The molecule has 2 aliphatic rings. The van der Waals surface area contributed by atoms with Crippen molar-refractivity contribution in [3.8, 4) is 0 Å². The number of nitrogens with one attached hydrogen (secondary N) is 2. The van der Waals surface area contributed by atoms with E-state index in [9.17, 15) is 4.79 Å². The highest BCUT2D eigenvalue weighted by atomic mass is 35.5. The third-order valence-corrected chi connectivity index (χ3v) is 5.41. The summed E-state index contributed by atoms with van der Waals surface area (Å²) in [5, 5.41) is 7.71. The lowest BCUT2D eigenvalue weighted by atomic mass is 10.0. The number of fused-ring (bicyclic) bond motifs is 1. The third kappa shape index (κ3) is 3.36. The molecule has 3 rings (SSSR count). The Morgan fingerprint density at radius 3 is 2.95 bits per heavy atom. The number of hydrogen-bond donors (Lipinski definition) is 2. The van der Waals surface area contributed by atoms with Crippen molar-refractivity contribution < 1.29 is 4.79 Å². The van der Waals surface area contributed by atoms with Crippen molar-refractivity contribution in [2.75, 3.05) is 13.1 Å². The summed E-state index contributed by atoms with van der Waals surface area (Å²) >= 11 is 12.3. The second-order valence-electron chi connectivity index (χ2n) is 5.99. The molecule has 5 heteroatoms. The highest BCUT2D eigenvalue weighted by Crippen LogP contribution is 2.39. The summed E-state index contributed by atoms with van der Waals surface area (Å²) in [6.45, 7) is 2.13. The van der Waals surface area contributed by atoms with Gasteiger partial charge in [-0.3, -0.25) is 4.79 Å². The molecule has 2 atom stereocenters. The summed E-state index contributed by atoms with van der Waals surface area (Å²) in [5.41, 5.74) is 2.22. The molecular formula is C16H20Cl2N2O. The van der Waals surface area contributed by atoms with Crippen LogP contribution in [0, 0.1) is 5.92 Å². The largest absolute Gasteiger partial charge is 0.349 e. The van der Waals surface area contributed by atoms with E-state index in [2.05, 4.69) is 10.6 Å². The van der Waals surface area contributed by atoms with E-state index in [-0.39, 0.29) is 11.9 Å². The summed E-state index contributed by atoms with van der Waals surface area (Å²) in [6.07, 6.45) is 4.56. The molecule has 0 bridgehead atoms. The van der Waals surface area contributed by atoms with Crippen LogP contribution in [0.1, 0.15) is 42.9 Å². The average Bonchev–Trinajstić information content (AvgIpc) is 3.11. The van der Waals surface area contributed by atoms with Crippen LogP contribution in [-0.4, -0.2) is 19.0 Å². The van der Waals surface area contributed by atoms with E-state index in [1.165, 1.54) is 6.42 Å². The second kappa shape index (κ2) is 6.55. The van der Waals surface area contributed by atoms with Gasteiger partial charge in [-0.1, -0.05) is 29.3 Å². The summed E-state index contributed by atoms with van der Waals surface area (Å²) < 4.78 is 0. The lowest BCUT2D eigenvalue weighted by Gasteiger charge is -2.15. The fourth-order valence-corrected chi connectivity index (χ4v) is 3.79. The minimum atomic E-state index is 0.0870. The minimum Gasteiger partial charge on any atom is -0.349 e. The number of benzene rings is 1. The highest BCUT2D eigenvalue weighted by molar-refractivity contribution is 6.42. The van der Waals surface area contributed by atoms with Crippen molar-refractivity contribution >= 4 is 29.1 Å². The molecule has 0 aromatic heterocycles. The first-order chi connectivity index (χ1) is 10.1. The molecule has 21 heavy (non-hydrogen) atoms. The van der Waals surface area contributed by atoms with E-state index >= 15 is 0 Å². The van der Waals surface area contributed by atoms with Gasteiger partial charge in [0.25, 0.3) is 0 Å². The van der Waals surface area contributed by atoms with Gasteiger partial charge in [-0.2, -0.15) is 0 Å². The number of carbonyl (C=O) groups excluding carboxylic acids is 1. The fourth-order valence-electron chi connectivity index (χ4n) is 3.34. The summed E-state index contributed by atoms with van der Waals surface area (Å²) in [6, 6.07) is 3.89. The van der Waals surface area contributed by atoms with E-state index in [1.807, 2.05) is 12.1 Å². The lowest BCUT2D eigenvalue weighted by Crippen LogP contribution is -2.27. The molecule has 1 aliphatic carbocycles. The van der Waals surface area contributed by atoms with Crippen molar-refractivity contribution in [1.29, 1.82) is 0 Å². The first kappa shape index (κ1) is 15.1. The van der Waals surface area contributed by atoms with Crippen molar-refractivity contribution in [3.63, 3.8) is 0 Å². The Labute approximate surface area is 135 Å². The van der Waals surface area contributed by atoms with Crippen molar-refractivity contribution in [3.05, 3.63) is 33.3 Å². The van der Waals surface area contributed by atoms with E-state index in [0.29, 0.717) is 22.4 Å². The highest BCUT2D eigenvalue weighted by Gasteiger charge is 2.27. The van der Waals surface area contributed by atoms with Crippen molar-refractivity contribution in [2.45, 2.75) is 38.1 Å². The Morgan fingerprint density at radius 1 is 1.33 bits per heavy atom. The quantitative estimate of drug-likeness (QED) is 0.889. The molecule has 0 saturated carbocycles. The average molecular weight is 327 g/mol. The van der Waals surface area contributed by atoms with Crippen LogP contribution in [-0.2, 0) is 11.2 Å². The third-order valence-electron chi connectivity index (χ3n) is 4.57. The molecule has 114 valence electrons. The normalized spacial score (nSPS) is 24.1. The van der Waals surface area contributed by atoms with Crippen LogP contribution in [0.25, 0.3) is 0 Å². The van der Waals surface area contributed by atoms with Crippen LogP contribution in [0.4, 0.5) is 0 Å². The Balaban J connectivity index is 1.57. The lowest BCUT2D eigenvalue weighted by molar-refractivity contribution is -0.122. The van der Waals surface area contributed by atoms with E-state index in [0.717, 1.165) is 43.5 Å². The Kier molecular flexibility index (Phi) is 4.72. The van der Waals surface area contributed by atoms with Crippen LogP contribution in [0.5, 0.6) is 0 Å². The summed E-state index contributed by atoms with van der Waals surface area (Å²) in [7, 11) is 0. The number of hydrogen-bond acceptors (Lipinski definition) is 2. The first-order valence-electron chi connectivity index (χ1n) is 7.62. The van der Waals surface area contributed by atoms with Gasteiger partial charge in [0, 0.05) is 6.42 Å². The molecule has 1 fully saturated rings. The topological polar surface area (TPSA) is 41.1 Å². The van der Waals surface area contributed by atoms with Gasteiger partial charge < -0.3 is 10.6 Å².